The molecule has 1 N–H and O–H groups in total. The lowest BCUT2D eigenvalue weighted by molar-refractivity contribution is -0.386. The van der Waals surface area contributed by atoms with Gasteiger partial charge in [-0.15, -0.1) is 11.3 Å². The van der Waals surface area contributed by atoms with Crippen molar-refractivity contribution in [2.45, 2.75) is 33.4 Å². The number of nitro groups is 1. The van der Waals surface area contributed by atoms with Crippen molar-refractivity contribution in [1.82, 2.24) is 9.88 Å². The highest BCUT2D eigenvalue weighted by Crippen LogP contribution is 2.35. The maximum absolute atomic E-state index is 12.4. The van der Waals surface area contributed by atoms with E-state index in [0.29, 0.717) is 0 Å². The Labute approximate surface area is 143 Å². The summed E-state index contributed by atoms with van der Waals surface area (Å²) in [5.41, 5.74) is -1.41. The zero-order chi connectivity index (χ0) is 17.9. The number of pyridine rings is 1. The SMILES string of the molecule is CC(C)(C)[C@@H](NC(=O)Cn1ccc(=O)c([N+](=O)[O-])c1)c1cccs1. The number of hydrogen-bond donors (Lipinski definition) is 1. The molecule has 0 saturated heterocycles. The average Bonchev–Trinajstić information content (AvgIpc) is 2.99. The predicted molar refractivity (Wildman–Crippen MR) is 92.0 cm³/mol. The summed E-state index contributed by atoms with van der Waals surface area (Å²) in [5.74, 6) is -0.277. The van der Waals surface area contributed by atoms with E-state index in [2.05, 4.69) is 5.32 Å². The van der Waals surface area contributed by atoms with Gasteiger partial charge in [-0.05, 0) is 16.9 Å². The van der Waals surface area contributed by atoms with Crippen molar-refractivity contribution in [2.75, 3.05) is 0 Å². The van der Waals surface area contributed by atoms with E-state index in [0.717, 1.165) is 17.1 Å². The Hall–Kier alpha value is -2.48. The minimum absolute atomic E-state index is 0.0981. The van der Waals surface area contributed by atoms with Crippen LogP contribution < -0.4 is 10.7 Å². The molecule has 0 aliphatic carbocycles. The van der Waals surface area contributed by atoms with E-state index in [4.69, 9.17) is 0 Å². The van der Waals surface area contributed by atoms with Crippen molar-refractivity contribution < 1.29 is 9.72 Å². The molecule has 7 nitrogen and oxygen atoms in total. The Balaban J connectivity index is 2.16. The number of rotatable bonds is 5. The fourth-order valence-corrected chi connectivity index (χ4v) is 3.31. The summed E-state index contributed by atoms with van der Waals surface area (Å²) < 4.78 is 1.34. The lowest BCUT2D eigenvalue weighted by Gasteiger charge is -2.31. The van der Waals surface area contributed by atoms with Crippen molar-refractivity contribution in [3.8, 4) is 0 Å². The monoisotopic (exact) mass is 349 g/mol. The molecule has 2 rings (SSSR count). The Morgan fingerprint density at radius 3 is 2.67 bits per heavy atom. The van der Waals surface area contributed by atoms with Gasteiger partial charge in [0.15, 0.2) is 0 Å². The largest absolute Gasteiger partial charge is 0.346 e. The third kappa shape index (κ3) is 4.29. The molecule has 24 heavy (non-hydrogen) atoms. The van der Waals surface area contributed by atoms with E-state index in [1.165, 1.54) is 10.8 Å². The minimum atomic E-state index is -0.750. The van der Waals surface area contributed by atoms with Gasteiger partial charge < -0.3 is 9.88 Å². The van der Waals surface area contributed by atoms with E-state index in [1.807, 2.05) is 38.3 Å². The van der Waals surface area contributed by atoms with Gasteiger partial charge in [0.1, 0.15) is 6.54 Å². The molecule has 2 aromatic heterocycles. The molecule has 0 unspecified atom stereocenters. The van der Waals surface area contributed by atoms with Crippen LogP contribution in [-0.4, -0.2) is 15.4 Å². The van der Waals surface area contributed by atoms with Gasteiger partial charge in [0.05, 0.1) is 17.2 Å². The number of thiophene rings is 1. The fourth-order valence-electron chi connectivity index (χ4n) is 2.29. The zero-order valence-electron chi connectivity index (χ0n) is 13.7. The second-order valence-corrected chi connectivity index (χ2v) is 7.49. The molecule has 0 saturated carbocycles. The van der Waals surface area contributed by atoms with Gasteiger partial charge in [-0.3, -0.25) is 19.7 Å². The summed E-state index contributed by atoms with van der Waals surface area (Å²) in [6.07, 6.45) is 2.45. The molecule has 1 amide bonds. The Bertz CT molecular complexity index is 790. The van der Waals surface area contributed by atoms with Crippen LogP contribution in [0.25, 0.3) is 0 Å². The van der Waals surface area contributed by atoms with Crippen LogP contribution in [0.1, 0.15) is 31.7 Å². The summed E-state index contributed by atoms with van der Waals surface area (Å²) in [7, 11) is 0. The molecule has 8 heteroatoms. The lowest BCUT2D eigenvalue weighted by atomic mass is 9.85. The van der Waals surface area contributed by atoms with Crippen LogP contribution in [0.4, 0.5) is 5.69 Å². The fraction of sp³-hybridized carbons (Fsp3) is 0.375. The quantitative estimate of drug-likeness (QED) is 0.663. The number of nitrogens with one attached hydrogen (secondary N) is 1. The molecule has 0 aromatic carbocycles. The van der Waals surface area contributed by atoms with Crippen LogP contribution in [0.2, 0.25) is 0 Å². The molecule has 0 aliphatic rings. The van der Waals surface area contributed by atoms with Gasteiger partial charge in [-0.1, -0.05) is 26.8 Å². The first-order valence-electron chi connectivity index (χ1n) is 7.36. The van der Waals surface area contributed by atoms with Gasteiger partial charge in [0, 0.05) is 17.1 Å². The van der Waals surface area contributed by atoms with E-state index >= 15 is 0 Å². The van der Waals surface area contributed by atoms with Crippen LogP contribution in [0, 0.1) is 15.5 Å². The maximum atomic E-state index is 12.4. The molecular formula is C16H19N3O4S. The first kappa shape index (κ1) is 17.9. The van der Waals surface area contributed by atoms with Crippen molar-refractivity contribution in [2.24, 2.45) is 5.41 Å². The number of hydrogen-bond acceptors (Lipinski definition) is 5. The number of amides is 1. The molecule has 0 radical (unpaired) electrons. The van der Waals surface area contributed by atoms with E-state index in [1.54, 1.807) is 11.3 Å². The van der Waals surface area contributed by atoms with Gasteiger partial charge in [0.25, 0.3) is 5.43 Å². The highest BCUT2D eigenvalue weighted by Gasteiger charge is 2.28. The number of nitrogens with zero attached hydrogens (tertiary/aromatic N) is 2. The third-order valence-electron chi connectivity index (χ3n) is 3.48. The van der Waals surface area contributed by atoms with Crippen LogP contribution in [0.3, 0.4) is 0 Å². The molecule has 0 bridgehead atoms. The summed E-state index contributed by atoms with van der Waals surface area (Å²) in [4.78, 5) is 34.9. The van der Waals surface area contributed by atoms with Crippen LogP contribution >= 0.6 is 11.3 Å². The molecule has 2 heterocycles. The highest BCUT2D eigenvalue weighted by molar-refractivity contribution is 7.10. The zero-order valence-corrected chi connectivity index (χ0v) is 14.5. The first-order chi connectivity index (χ1) is 11.2. The smallest absolute Gasteiger partial charge is 0.332 e. The first-order valence-corrected chi connectivity index (χ1v) is 8.23. The van der Waals surface area contributed by atoms with Crippen molar-refractivity contribution in [3.63, 3.8) is 0 Å². The number of carbonyl (C=O) groups is 1. The molecular weight excluding hydrogens is 330 g/mol. The molecule has 0 spiro atoms. The van der Waals surface area contributed by atoms with Crippen LogP contribution in [0.15, 0.2) is 40.8 Å². The second-order valence-electron chi connectivity index (χ2n) is 6.51. The molecule has 0 aliphatic heterocycles. The third-order valence-corrected chi connectivity index (χ3v) is 4.42. The Kier molecular flexibility index (Phi) is 5.18. The van der Waals surface area contributed by atoms with Crippen molar-refractivity contribution in [1.29, 1.82) is 0 Å². The Morgan fingerprint density at radius 1 is 1.42 bits per heavy atom. The van der Waals surface area contributed by atoms with Crippen LogP contribution in [-0.2, 0) is 11.3 Å². The Morgan fingerprint density at radius 2 is 2.12 bits per heavy atom. The molecule has 128 valence electrons. The normalized spacial score (nSPS) is 12.6. The van der Waals surface area contributed by atoms with Crippen molar-refractivity contribution >= 4 is 22.9 Å². The predicted octanol–water partition coefficient (Wildman–Crippen LogP) is 2.72. The highest BCUT2D eigenvalue weighted by atomic mass is 32.1. The minimum Gasteiger partial charge on any atom is -0.346 e. The summed E-state index contributed by atoms with van der Waals surface area (Å²) in [6.45, 7) is 5.99. The van der Waals surface area contributed by atoms with Gasteiger partial charge in [-0.25, -0.2) is 0 Å². The van der Waals surface area contributed by atoms with E-state index in [9.17, 15) is 19.7 Å². The molecule has 2 aromatic rings. The number of carbonyl (C=O) groups excluding carboxylic acids is 1. The topological polar surface area (TPSA) is 94.2 Å². The summed E-state index contributed by atoms with van der Waals surface area (Å²) >= 11 is 1.56. The molecule has 1 atom stereocenters. The number of aromatic nitrogens is 1. The second kappa shape index (κ2) is 6.96. The van der Waals surface area contributed by atoms with Gasteiger partial charge in [0.2, 0.25) is 5.91 Å². The lowest BCUT2D eigenvalue weighted by Crippen LogP contribution is -2.38. The summed E-state index contributed by atoms with van der Waals surface area (Å²) in [5, 5.41) is 15.7. The standard InChI is InChI=1S/C16H19N3O4S/c1-16(2,3)15(13-5-4-8-24-13)17-14(21)10-18-7-6-12(20)11(9-18)19(22)23/h4-9,15H,10H2,1-3H3,(H,17,21)/t15-/m0/s1. The summed E-state index contributed by atoms with van der Waals surface area (Å²) in [6, 6.07) is 4.81. The van der Waals surface area contributed by atoms with Crippen LogP contribution in [0.5, 0.6) is 0 Å². The van der Waals surface area contributed by atoms with E-state index < -0.39 is 16.0 Å². The van der Waals surface area contributed by atoms with Gasteiger partial charge in [-0.2, -0.15) is 0 Å². The van der Waals surface area contributed by atoms with Gasteiger partial charge >= 0.3 is 5.69 Å². The average molecular weight is 349 g/mol. The van der Waals surface area contributed by atoms with Crippen molar-refractivity contribution in [3.05, 3.63) is 61.2 Å². The van der Waals surface area contributed by atoms with E-state index in [-0.39, 0.29) is 23.9 Å². The maximum Gasteiger partial charge on any atom is 0.332 e. The molecule has 0 fully saturated rings.